The van der Waals surface area contributed by atoms with Gasteiger partial charge in [0.05, 0.1) is 11.7 Å². The van der Waals surface area contributed by atoms with Crippen molar-refractivity contribution < 1.29 is 9.53 Å². The number of rotatable bonds is 3. The molecule has 4 heteroatoms. The molecule has 76 valence electrons. The molecule has 0 aromatic carbocycles. The van der Waals surface area contributed by atoms with Gasteiger partial charge in [0, 0.05) is 6.20 Å². The lowest BCUT2D eigenvalue weighted by molar-refractivity contribution is 0.0334. The van der Waals surface area contributed by atoms with Crippen LogP contribution in [-0.2, 0) is 4.74 Å². The lowest BCUT2D eigenvalue weighted by Crippen LogP contribution is -2.14. The molecule has 0 saturated carbocycles. The zero-order chi connectivity index (χ0) is 10.6. The summed E-state index contributed by atoms with van der Waals surface area (Å²) in [4.78, 5) is 15.3. The van der Waals surface area contributed by atoms with E-state index in [2.05, 4.69) is 4.98 Å². The number of esters is 1. The molecule has 1 atom stereocenters. The highest BCUT2D eigenvalue weighted by molar-refractivity contribution is 5.90. The normalized spacial score (nSPS) is 12.1. The molecule has 1 unspecified atom stereocenters. The molecular weight excluding hydrogens is 180 g/mol. The van der Waals surface area contributed by atoms with Crippen molar-refractivity contribution in [2.45, 2.75) is 26.4 Å². The Morgan fingerprint density at radius 2 is 2.43 bits per heavy atom. The molecule has 2 N–H and O–H groups in total. The van der Waals surface area contributed by atoms with Gasteiger partial charge in [-0.15, -0.1) is 0 Å². The molecule has 0 radical (unpaired) electrons. The van der Waals surface area contributed by atoms with Crippen LogP contribution in [0.4, 0.5) is 5.82 Å². The third-order valence-corrected chi connectivity index (χ3v) is 1.90. The van der Waals surface area contributed by atoms with Crippen LogP contribution in [0.5, 0.6) is 0 Å². The molecule has 0 aliphatic rings. The quantitative estimate of drug-likeness (QED) is 0.742. The first-order valence-corrected chi connectivity index (χ1v) is 4.56. The largest absolute Gasteiger partial charge is 0.459 e. The van der Waals surface area contributed by atoms with E-state index in [-0.39, 0.29) is 12.1 Å². The maximum Gasteiger partial charge on any atom is 0.338 e. The number of hydrogen-bond acceptors (Lipinski definition) is 4. The number of anilines is 1. The van der Waals surface area contributed by atoms with Crippen LogP contribution in [0.15, 0.2) is 18.3 Å². The number of carbonyl (C=O) groups excluding carboxylic acids is 1. The predicted molar refractivity (Wildman–Crippen MR) is 53.8 cm³/mol. The summed E-state index contributed by atoms with van der Waals surface area (Å²) in [5.74, 6) is -0.0305. The predicted octanol–water partition coefficient (Wildman–Crippen LogP) is 1.62. The minimum atomic E-state index is -0.353. The zero-order valence-corrected chi connectivity index (χ0v) is 8.36. The summed E-state index contributed by atoms with van der Waals surface area (Å²) in [6.07, 6.45) is 2.21. The highest BCUT2D eigenvalue weighted by atomic mass is 16.5. The Balaban J connectivity index is 2.70. The summed E-state index contributed by atoms with van der Waals surface area (Å²) < 4.78 is 5.12. The number of nitrogens with zero attached hydrogens (tertiary/aromatic N) is 1. The Bertz CT molecular complexity index is 326. The second kappa shape index (κ2) is 4.60. The van der Waals surface area contributed by atoms with Gasteiger partial charge in [-0.2, -0.15) is 0 Å². The summed E-state index contributed by atoms with van der Waals surface area (Å²) in [6.45, 7) is 3.81. The zero-order valence-electron chi connectivity index (χ0n) is 8.36. The first kappa shape index (κ1) is 10.5. The first-order chi connectivity index (χ1) is 6.63. The maximum absolute atomic E-state index is 11.5. The van der Waals surface area contributed by atoms with Gasteiger partial charge >= 0.3 is 5.97 Å². The third-order valence-electron chi connectivity index (χ3n) is 1.90. The Labute approximate surface area is 83.1 Å². The second-order valence-electron chi connectivity index (χ2n) is 3.09. The van der Waals surface area contributed by atoms with E-state index in [0.717, 1.165) is 6.42 Å². The van der Waals surface area contributed by atoms with Crippen LogP contribution in [0.2, 0.25) is 0 Å². The Kier molecular flexibility index (Phi) is 3.45. The fraction of sp³-hybridized carbons (Fsp3) is 0.400. The lowest BCUT2D eigenvalue weighted by atomic mass is 10.2. The van der Waals surface area contributed by atoms with Crippen LogP contribution in [0, 0.1) is 0 Å². The molecule has 1 heterocycles. The van der Waals surface area contributed by atoms with E-state index >= 15 is 0 Å². The molecule has 14 heavy (non-hydrogen) atoms. The lowest BCUT2D eigenvalue weighted by Gasteiger charge is -2.10. The van der Waals surface area contributed by atoms with E-state index < -0.39 is 0 Å². The summed E-state index contributed by atoms with van der Waals surface area (Å²) in [5, 5.41) is 0. The monoisotopic (exact) mass is 194 g/mol. The number of pyridine rings is 1. The van der Waals surface area contributed by atoms with Gasteiger partial charge in [0.2, 0.25) is 0 Å². The van der Waals surface area contributed by atoms with Crippen molar-refractivity contribution in [2.75, 3.05) is 5.73 Å². The topological polar surface area (TPSA) is 65.2 Å². The van der Waals surface area contributed by atoms with Crippen LogP contribution in [-0.4, -0.2) is 17.1 Å². The van der Waals surface area contributed by atoms with Gasteiger partial charge in [0.15, 0.2) is 0 Å². The number of ether oxygens (including phenoxy) is 1. The van der Waals surface area contributed by atoms with Crippen LogP contribution in [0.1, 0.15) is 30.6 Å². The van der Waals surface area contributed by atoms with E-state index in [1.54, 1.807) is 6.07 Å². The van der Waals surface area contributed by atoms with Crippen LogP contribution in [0.25, 0.3) is 0 Å². The van der Waals surface area contributed by atoms with Crippen LogP contribution in [0.3, 0.4) is 0 Å². The van der Waals surface area contributed by atoms with E-state index in [4.69, 9.17) is 10.5 Å². The molecule has 0 aliphatic carbocycles. The molecule has 1 aromatic rings. The maximum atomic E-state index is 11.5. The molecule has 4 nitrogen and oxygen atoms in total. The third kappa shape index (κ3) is 2.73. The molecule has 0 amide bonds. The van der Waals surface area contributed by atoms with Crippen molar-refractivity contribution in [3.63, 3.8) is 0 Å². The molecule has 0 spiro atoms. The summed E-state index contributed by atoms with van der Waals surface area (Å²) in [5.41, 5.74) is 5.88. The van der Waals surface area contributed by atoms with Crippen molar-refractivity contribution >= 4 is 11.8 Å². The summed E-state index contributed by atoms with van der Waals surface area (Å²) in [6, 6.07) is 3.09. The molecule has 0 aliphatic heterocycles. The van der Waals surface area contributed by atoms with E-state index in [1.807, 2.05) is 13.8 Å². The van der Waals surface area contributed by atoms with Gasteiger partial charge in [0.25, 0.3) is 0 Å². The highest BCUT2D eigenvalue weighted by Crippen LogP contribution is 2.07. The molecule has 0 fully saturated rings. The Morgan fingerprint density at radius 1 is 1.71 bits per heavy atom. The smallest absolute Gasteiger partial charge is 0.338 e. The minimum absolute atomic E-state index is 0.0723. The van der Waals surface area contributed by atoms with Crippen molar-refractivity contribution in [3.8, 4) is 0 Å². The molecule has 1 aromatic heterocycles. The van der Waals surface area contributed by atoms with Crippen LogP contribution < -0.4 is 5.73 Å². The van der Waals surface area contributed by atoms with Crippen molar-refractivity contribution in [3.05, 3.63) is 23.9 Å². The standard InChI is InChI=1S/C10H14N2O2/c1-3-7(2)14-10(13)8-4-5-12-9(11)6-8/h4-7H,3H2,1-2H3,(H2,11,12). The fourth-order valence-electron chi connectivity index (χ4n) is 0.909. The molecular formula is C10H14N2O2. The Hall–Kier alpha value is -1.58. The SMILES string of the molecule is CCC(C)OC(=O)c1ccnc(N)c1. The number of nitrogens with two attached hydrogens (primary N) is 1. The van der Waals surface area contributed by atoms with E-state index in [9.17, 15) is 4.79 Å². The van der Waals surface area contributed by atoms with Crippen molar-refractivity contribution in [1.82, 2.24) is 4.98 Å². The molecule has 0 saturated heterocycles. The average molecular weight is 194 g/mol. The minimum Gasteiger partial charge on any atom is -0.459 e. The van der Waals surface area contributed by atoms with Gasteiger partial charge in [-0.3, -0.25) is 0 Å². The number of nitrogen functional groups attached to an aromatic ring is 1. The summed E-state index contributed by atoms with van der Waals surface area (Å²) in [7, 11) is 0. The molecule has 0 bridgehead atoms. The second-order valence-corrected chi connectivity index (χ2v) is 3.09. The Morgan fingerprint density at radius 3 is 3.00 bits per heavy atom. The number of aromatic nitrogens is 1. The number of carbonyl (C=O) groups is 1. The van der Waals surface area contributed by atoms with Crippen LogP contribution >= 0.6 is 0 Å². The van der Waals surface area contributed by atoms with E-state index in [0.29, 0.717) is 11.4 Å². The fourth-order valence-corrected chi connectivity index (χ4v) is 0.909. The summed E-state index contributed by atoms with van der Waals surface area (Å²) >= 11 is 0. The first-order valence-electron chi connectivity index (χ1n) is 4.56. The van der Waals surface area contributed by atoms with Crippen molar-refractivity contribution in [1.29, 1.82) is 0 Å². The van der Waals surface area contributed by atoms with Gasteiger partial charge < -0.3 is 10.5 Å². The van der Waals surface area contributed by atoms with E-state index in [1.165, 1.54) is 12.3 Å². The molecule has 1 rings (SSSR count). The average Bonchev–Trinajstić information content (AvgIpc) is 2.17. The highest BCUT2D eigenvalue weighted by Gasteiger charge is 2.10. The van der Waals surface area contributed by atoms with Gasteiger partial charge in [-0.05, 0) is 25.5 Å². The van der Waals surface area contributed by atoms with Gasteiger partial charge in [-0.1, -0.05) is 6.92 Å². The van der Waals surface area contributed by atoms with Crippen molar-refractivity contribution in [2.24, 2.45) is 0 Å². The van der Waals surface area contributed by atoms with Gasteiger partial charge in [0.1, 0.15) is 5.82 Å². The van der Waals surface area contributed by atoms with Gasteiger partial charge in [-0.25, -0.2) is 9.78 Å². The number of hydrogen-bond donors (Lipinski definition) is 1.